The van der Waals surface area contributed by atoms with Crippen LogP contribution in [0.4, 0.5) is 5.69 Å². The molecule has 2 aromatic rings. The summed E-state index contributed by atoms with van der Waals surface area (Å²) in [4.78, 5) is 22.8. The van der Waals surface area contributed by atoms with E-state index in [1.807, 2.05) is 0 Å². The van der Waals surface area contributed by atoms with Gasteiger partial charge in [-0.3, -0.25) is 9.89 Å². The molecule has 0 atom stereocenters. The molecule has 6 heteroatoms. The van der Waals surface area contributed by atoms with Crippen LogP contribution in [0.15, 0.2) is 42.7 Å². The predicted octanol–water partition coefficient (Wildman–Crippen LogP) is 1.85. The van der Waals surface area contributed by atoms with Crippen LogP contribution >= 0.6 is 0 Å². The summed E-state index contributed by atoms with van der Waals surface area (Å²) in [5, 5.41) is 8.96. The quantitative estimate of drug-likeness (QED) is 0.656. The first kappa shape index (κ1) is 13.5. The molecule has 1 aromatic carbocycles. The third-order valence-electron chi connectivity index (χ3n) is 2.52. The highest BCUT2D eigenvalue weighted by atomic mass is 16.5. The molecule has 0 saturated carbocycles. The number of benzene rings is 1. The number of methoxy groups -OCH3 is 1. The normalized spacial score (nSPS) is 10.4. The van der Waals surface area contributed by atoms with Crippen molar-refractivity contribution in [3.63, 3.8) is 0 Å². The average molecular weight is 271 g/mol. The van der Waals surface area contributed by atoms with E-state index < -0.39 is 5.97 Å². The van der Waals surface area contributed by atoms with E-state index in [4.69, 9.17) is 0 Å². The molecule has 2 N–H and O–H groups in total. The Morgan fingerprint density at radius 2 is 2.05 bits per heavy atom. The van der Waals surface area contributed by atoms with E-state index in [0.29, 0.717) is 11.3 Å². The highest BCUT2D eigenvalue weighted by Crippen LogP contribution is 2.08. The average Bonchev–Trinajstić information content (AvgIpc) is 2.97. The van der Waals surface area contributed by atoms with Gasteiger partial charge in [0.25, 0.3) is 0 Å². The number of aromatic nitrogens is 2. The van der Waals surface area contributed by atoms with Gasteiger partial charge in [-0.1, -0.05) is 12.1 Å². The third-order valence-corrected chi connectivity index (χ3v) is 2.52. The Morgan fingerprint density at radius 1 is 1.30 bits per heavy atom. The number of aromatic amines is 1. The Labute approximate surface area is 115 Å². The lowest BCUT2D eigenvalue weighted by Crippen LogP contribution is -2.06. The van der Waals surface area contributed by atoms with Crippen LogP contribution < -0.4 is 5.32 Å². The van der Waals surface area contributed by atoms with E-state index in [2.05, 4.69) is 20.3 Å². The van der Waals surface area contributed by atoms with Gasteiger partial charge in [0, 0.05) is 12.3 Å². The Hall–Kier alpha value is -2.89. The van der Waals surface area contributed by atoms with Gasteiger partial charge in [-0.2, -0.15) is 5.10 Å². The molecule has 6 nitrogen and oxygen atoms in total. The van der Waals surface area contributed by atoms with Gasteiger partial charge in [0.1, 0.15) is 0 Å². The molecule has 0 aliphatic heterocycles. The molecule has 0 radical (unpaired) electrons. The van der Waals surface area contributed by atoms with Gasteiger partial charge < -0.3 is 10.1 Å². The lowest BCUT2D eigenvalue weighted by Gasteiger charge is -1.99. The van der Waals surface area contributed by atoms with Gasteiger partial charge in [0.05, 0.1) is 24.6 Å². The zero-order valence-corrected chi connectivity index (χ0v) is 10.8. The summed E-state index contributed by atoms with van der Waals surface area (Å²) in [5.41, 5.74) is 1.87. The van der Waals surface area contributed by atoms with Gasteiger partial charge in [-0.05, 0) is 23.8 Å². The van der Waals surface area contributed by atoms with Crippen molar-refractivity contribution >= 4 is 23.6 Å². The molecule has 0 aliphatic carbocycles. The number of carbonyl (C=O) groups is 2. The van der Waals surface area contributed by atoms with Crippen LogP contribution in [0.5, 0.6) is 0 Å². The minimum Gasteiger partial charge on any atom is -0.465 e. The maximum atomic E-state index is 11.6. The number of esters is 1. The van der Waals surface area contributed by atoms with Crippen molar-refractivity contribution in [2.24, 2.45) is 0 Å². The van der Waals surface area contributed by atoms with E-state index in [9.17, 15) is 9.59 Å². The molecule has 2 rings (SSSR count). The Bertz CT molecular complexity index is 616. The molecule has 0 saturated heterocycles. The first-order chi connectivity index (χ1) is 9.69. The maximum Gasteiger partial charge on any atom is 0.337 e. The maximum absolute atomic E-state index is 11.6. The molecule has 0 aliphatic rings. The molecule has 1 heterocycles. The number of hydrogen-bond acceptors (Lipinski definition) is 4. The second kappa shape index (κ2) is 6.33. The number of H-pyrrole nitrogens is 1. The highest BCUT2D eigenvalue weighted by molar-refractivity contribution is 6.01. The zero-order valence-electron chi connectivity index (χ0n) is 10.8. The van der Waals surface area contributed by atoms with Gasteiger partial charge in [0.15, 0.2) is 0 Å². The van der Waals surface area contributed by atoms with Crippen molar-refractivity contribution in [3.05, 3.63) is 53.9 Å². The smallest absolute Gasteiger partial charge is 0.337 e. The van der Waals surface area contributed by atoms with Crippen LogP contribution in [-0.2, 0) is 9.53 Å². The molecule has 102 valence electrons. The minimum atomic E-state index is -0.391. The lowest BCUT2D eigenvalue weighted by atomic mass is 10.1. The zero-order chi connectivity index (χ0) is 14.4. The Morgan fingerprint density at radius 3 is 2.65 bits per heavy atom. The number of nitrogens with one attached hydrogen (secondary N) is 2. The standard InChI is InChI=1S/C14H13N3O3/c1-20-14(19)11-5-2-10(3-6-11)4-7-13(18)17-12-8-15-16-9-12/h2-9H,1H3,(H,15,16)(H,17,18)/b7-4+. The van der Waals surface area contributed by atoms with Gasteiger partial charge in [-0.15, -0.1) is 0 Å². The van der Waals surface area contributed by atoms with Crippen molar-refractivity contribution in [3.8, 4) is 0 Å². The van der Waals surface area contributed by atoms with Gasteiger partial charge in [-0.25, -0.2) is 4.79 Å². The number of rotatable bonds is 4. The van der Waals surface area contributed by atoms with E-state index in [1.165, 1.54) is 19.4 Å². The monoisotopic (exact) mass is 271 g/mol. The van der Waals surface area contributed by atoms with Crippen LogP contribution in [0, 0.1) is 0 Å². The van der Waals surface area contributed by atoms with Crippen LogP contribution in [0.25, 0.3) is 6.08 Å². The largest absolute Gasteiger partial charge is 0.465 e. The van der Waals surface area contributed by atoms with E-state index in [1.54, 1.807) is 36.5 Å². The fraction of sp³-hybridized carbons (Fsp3) is 0.0714. The number of anilines is 1. The SMILES string of the molecule is COC(=O)c1ccc(/C=C/C(=O)Nc2cn[nH]c2)cc1. The topological polar surface area (TPSA) is 84.1 Å². The summed E-state index contributed by atoms with van der Waals surface area (Å²) < 4.78 is 4.60. The number of ether oxygens (including phenoxy) is 1. The van der Waals surface area contributed by atoms with E-state index in [-0.39, 0.29) is 5.91 Å². The number of nitrogens with zero attached hydrogens (tertiary/aromatic N) is 1. The molecule has 0 spiro atoms. The summed E-state index contributed by atoms with van der Waals surface area (Å²) in [6.45, 7) is 0. The molecule has 0 fully saturated rings. The summed E-state index contributed by atoms with van der Waals surface area (Å²) in [5.74, 6) is -0.651. The number of carbonyl (C=O) groups excluding carboxylic acids is 2. The minimum absolute atomic E-state index is 0.261. The fourth-order valence-electron chi connectivity index (χ4n) is 1.52. The molecule has 1 aromatic heterocycles. The van der Waals surface area contributed by atoms with Crippen molar-refractivity contribution < 1.29 is 14.3 Å². The van der Waals surface area contributed by atoms with Gasteiger partial charge in [0.2, 0.25) is 5.91 Å². The summed E-state index contributed by atoms with van der Waals surface area (Å²) in [6, 6.07) is 6.74. The second-order valence-electron chi connectivity index (χ2n) is 3.92. The number of hydrogen-bond donors (Lipinski definition) is 2. The van der Waals surface area contributed by atoms with E-state index >= 15 is 0 Å². The third kappa shape index (κ3) is 3.55. The summed E-state index contributed by atoms with van der Waals surface area (Å²) >= 11 is 0. The molecule has 1 amide bonds. The summed E-state index contributed by atoms with van der Waals surface area (Å²) in [6.07, 6.45) is 6.14. The first-order valence-electron chi connectivity index (χ1n) is 5.85. The number of amides is 1. The molecular formula is C14H13N3O3. The van der Waals surface area contributed by atoms with Crippen LogP contribution in [0.2, 0.25) is 0 Å². The van der Waals surface area contributed by atoms with Crippen molar-refractivity contribution in [1.82, 2.24) is 10.2 Å². The van der Waals surface area contributed by atoms with Gasteiger partial charge >= 0.3 is 5.97 Å². The highest BCUT2D eigenvalue weighted by Gasteiger charge is 2.03. The summed E-state index contributed by atoms with van der Waals surface area (Å²) in [7, 11) is 1.33. The van der Waals surface area contributed by atoms with Crippen LogP contribution in [0.1, 0.15) is 15.9 Å². The second-order valence-corrected chi connectivity index (χ2v) is 3.92. The van der Waals surface area contributed by atoms with Crippen molar-refractivity contribution in [1.29, 1.82) is 0 Å². The lowest BCUT2D eigenvalue weighted by molar-refractivity contribution is -0.111. The van der Waals surface area contributed by atoms with Crippen molar-refractivity contribution in [2.75, 3.05) is 12.4 Å². The molecular weight excluding hydrogens is 258 g/mol. The molecule has 20 heavy (non-hydrogen) atoms. The van der Waals surface area contributed by atoms with Crippen LogP contribution in [0.3, 0.4) is 0 Å². The molecule has 0 bridgehead atoms. The fourth-order valence-corrected chi connectivity index (χ4v) is 1.52. The van der Waals surface area contributed by atoms with Crippen LogP contribution in [-0.4, -0.2) is 29.2 Å². The first-order valence-corrected chi connectivity index (χ1v) is 5.85. The predicted molar refractivity (Wildman–Crippen MR) is 74.0 cm³/mol. The Kier molecular flexibility index (Phi) is 4.28. The van der Waals surface area contributed by atoms with E-state index in [0.717, 1.165) is 5.56 Å². The Balaban J connectivity index is 1.97. The van der Waals surface area contributed by atoms with Crippen molar-refractivity contribution in [2.45, 2.75) is 0 Å². The molecule has 0 unspecified atom stereocenters.